The maximum Gasteiger partial charge on any atom is 0.284 e. The Kier molecular flexibility index (Phi) is 4.00. The second-order valence-electron chi connectivity index (χ2n) is 6.42. The number of ether oxygens (including phenoxy) is 2. The summed E-state index contributed by atoms with van der Waals surface area (Å²) in [6, 6.07) is 0.467. The fraction of sp³-hybridized carbons (Fsp3) is 0.857. The summed E-state index contributed by atoms with van der Waals surface area (Å²) in [6.07, 6.45) is 2.07. The molecule has 1 aromatic heterocycles. The van der Waals surface area contributed by atoms with E-state index >= 15 is 0 Å². The Bertz CT molecular complexity index is 511. The molecule has 0 bridgehead atoms. The van der Waals surface area contributed by atoms with E-state index in [-0.39, 0.29) is 12.1 Å². The SMILES string of the molecule is [O-][n+]1onc2c1[C@@H]([NH+]1CCOCC1)CC[C@H]2[NH+]1CCOCC1. The van der Waals surface area contributed by atoms with Gasteiger partial charge in [-0.15, -0.1) is 0 Å². The van der Waals surface area contributed by atoms with E-state index in [1.165, 1.54) is 9.80 Å². The minimum Gasteiger partial charge on any atom is -0.370 e. The third-order valence-electron chi connectivity index (χ3n) is 5.33. The molecule has 122 valence electrons. The van der Waals surface area contributed by atoms with Gasteiger partial charge < -0.3 is 24.5 Å². The molecule has 0 radical (unpaired) electrons. The van der Waals surface area contributed by atoms with Crippen LogP contribution in [0, 0.1) is 5.21 Å². The first-order chi connectivity index (χ1) is 10.8. The molecule has 2 fully saturated rings. The molecule has 2 saturated heterocycles. The average Bonchev–Trinajstić information content (AvgIpc) is 2.98. The Morgan fingerprint density at radius 2 is 1.45 bits per heavy atom. The van der Waals surface area contributed by atoms with Crippen molar-refractivity contribution in [1.29, 1.82) is 0 Å². The molecule has 1 aliphatic carbocycles. The Morgan fingerprint density at radius 3 is 2.09 bits per heavy atom. The van der Waals surface area contributed by atoms with Crippen LogP contribution in [-0.4, -0.2) is 57.8 Å². The van der Waals surface area contributed by atoms with E-state index in [1.807, 2.05) is 0 Å². The maximum absolute atomic E-state index is 12.2. The van der Waals surface area contributed by atoms with Crippen LogP contribution in [0.15, 0.2) is 4.63 Å². The van der Waals surface area contributed by atoms with Gasteiger partial charge in [0.25, 0.3) is 11.4 Å². The fourth-order valence-corrected chi connectivity index (χ4v) is 4.18. The van der Waals surface area contributed by atoms with E-state index in [0.717, 1.165) is 76.8 Å². The zero-order valence-electron chi connectivity index (χ0n) is 12.8. The van der Waals surface area contributed by atoms with Crippen molar-refractivity contribution in [1.82, 2.24) is 5.16 Å². The monoisotopic (exact) mass is 312 g/mol. The quantitative estimate of drug-likeness (QED) is 0.570. The highest BCUT2D eigenvalue weighted by molar-refractivity contribution is 5.13. The van der Waals surface area contributed by atoms with Crippen molar-refractivity contribution in [3.8, 4) is 0 Å². The van der Waals surface area contributed by atoms with Crippen LogP contribution in [-0.2, 0) is 9.47 Å². The number of hydrogen-bond acceptors (Lipinski definition) is 5. The minimum atomic E-state index is 0.194. The van der Waals surface area contributed by atoms with Crippen LogP contribution in [0.25, 0.3) is 0 Å². The van der Waals surface area contributed by atoms with Gasteiger partial charge in [-0.25, -0.2) is 0 Å². The van der Waals surface area contributed by atoms with Crippen LogP contribution in [0.3, 0.4) is 0 Å². The zero-order chi connectivity index (χ0) is 14.9. The molecule has 3 heterocycles. The molecule has 3 aliphatic rings. The Hall–Kier alpha value is -1.22. The summed E-state index contributed by atoms with van der Waals surface area (Å²) in [4.78, 5) is 3.54. The molecule has 0 spiro atoms. The Labute approximate surface area is 129 Å². The summed E-state index contributed by atoms with van der Waals surface area (Å²) < 4.78 is 15.9. The first-order valence-corrected chi connectivity index (χ1v) is 8.29. The van der Waals surface area contributed by atoms with E-state index in [2.05, 4.69) is 5.16 Å². The van der Waals surface area contributed by atoms with E-state index in [0.29, 0.717) is 4.90 Å². The van der Waals surface area contributed by atoms with Crippen molar-refractivity contribution in [3.63, 3.8) is 0 Å². The number of morpholine rings is 2. The Morgan fingerprint density at radius 1 is 0.909 bits per heavy atom. The molecule has 0 saturated carbocycles. The fourth-order valence-electron chi connectivity index (χ4n) is 4.18. The molecule has 1 aromatic rings. The molecule has 2 aliphatic heterocycles. The number of rotatable bonds is 2. The molecule has 22 heavy (non-hydrogen) atoms. The largest absolute Gasteiger partial charge is 0.370 e. The highest BCUT2D eigenvalue weighted by Gasteiger charge is 2.47. The van der Waals surface area contributed by atoms with E-state index in [4.69, 9.17) is 14.1 Å². The first-order valence-electron chi connectivity index (χ1n) is 8.29. The number of nitrogens with one attached hydrogen (secondary N) is 2. The van der Waals surface area contributed by atoms with Crippen LogP contribution in [0.2, 0.25) is 0 Å². The van der Waals surface area contributed by atoms with Crippen molar-refractivity contribution >= 4 is 0 Å². The predicted molar refractivity (Wildman–Crippen MR) is 73.2 cm³/mol. The molecule has 8 heteroatoms. The molecule has 0 unspecified atom stereocenters. The van der Waals surface area contributed by atoms with Crippen LogP contribution in [0.1, 0.15) is 36.3 Å². The highest BCUT2D eigenvalue weighted by Crippen LogP contribution is 2.30. The van der Waals surface area contributed by atoms with Gasteiger partial charge in [0, 0.05) is 18.0 Å². The summed E-state index contributed by atoms with van der Waals surface area (Å²) in [6.45, 7) is 6.96. The molecule has 0 aromatic carbocycles. The van der Waals surface area contributed by atoms with Gasteiger partial charge in [0.2, 0.25) is 0 Å². The predicted octanol–water partition coefficient (Wildman–Crippen LogP) is -2.99. The van der Waals surface area contributed by atoms with Crippen molar-refractivity contribution < 1.29 is 28.8 Å². The normalized spacial score (nSPS) is 31.1. The van der Waals surface area contributed by atoms with Crippen molar-refractivity contribution in [2.75, 3.05) is 52.6 Å². The molecule has 2 N–H and O–H groups in total. The van der Waals surface area contributed by atoms with Gasteiger partial charge in [0.15, 0.2) is 12.1 Å². The summed E-state index contributed by atoms with van der Waals surface area (Å²) >= 11 is 0. The standard InChI is InChI=1S/C14H22N4O4/c19-18-14-12(17-5-9-21-10-6-17)2-1-11(13(14)15-22-18)16-3-7-20-8-4-16/h11-12H,1-10H2/p+2/t11-,12+/m1/s1. The first kappa shape index (κ1) is 14.4. The third-order valence-corrected chi connectivity index (χ3v) is 5.33. The minimum absolute atomic E-state index is 0.194. The van der Waals surface area contributed by atoms with Gasteiger partial charge >= 0.3 is 0 Å². The lowest BCUT2D eigenvalue weighted by molar-refractivity contribution is -0.961. The molecule has 0 amide bonds. The third kappa shape index (κ3) is 2.50. The second kappa shape index (κ2) is 6.11. The molecular weight excluding hydrogens is 288 g/mol. The molecule has 4 rings (SSSR count). The molecule has 2 atom stereocenters. The van der Waals surface area contributed by atoms with Crippen LogP contribution >= 0.6 is 0 Å². The lowest BCUT2D eigenvalue weighted by atomic mass is 9.89. The number of hydrogen-bond donors (Lipinski definition) is 2. The summed E-state index contributed by atoms with van der Waals surface area (Å²) in [5.41, 5.74) is 1.63. The molecular formula is C14H24N4O4+2. The van der Waals surface area contributed by atoms with Gasteiger partial charge in [-0.05, 0) is 4.90 Å². The van der Waals surface area contributed by atoms with Crippen LogP contribution < -0.4 is 14.7 Å². The van der Waals surface area contributed by atoms with Gasteiger partial charge in [-0.2, -0.15) is 0 Å². The topological polar surface area (TPSA) is 80.3 Å². The van der Waals surface area contributed by atoms with Gasteiger partial charge in [-0.1, -0.05) is 0 Å². The van der Waals surface area contributed by atoms with Gasteiger partial charge in [0.1, 0.15) is 26.2 Å². The van der Waals surface area contributed by atoms with E-state index in [1.54, 1.807) is 0 Å². The number of quaternary nitrogens is 2. The number of aromatic nitrogens is 2. The lowest BCUT2D eigenvalue weighted by Crippen LogP contribution is -3.16. The number of fused-ring (bicyclic) bond motifs is 1. The lowest BCUT2D eigenvalue weighted by Gasteiger charge is -2.35. The zero-order valence-corrected chi connectivity index (χ0v) is 12.8. The smallest absolute Gasteiger partial charge is 0.284 e. The second-order valence-corrected chi connectivity index (χ2v) is 6.42. The summed E-state index contributed by atoms with van der Waals surface area (Å²) in [7, 11) is 0. The Balaban J connectivity index is 1.60. The summed E-state index contributed by atoms with van der Waals surface area (Å²) in [5.74, 6) is 0. The molecule has 8 nitrogen and oxygen atoms in total. The number of nitrogens with zero attached hydrogens (tertiary/aromatic N) is 2. The summed E-state index contributed by atoms with van der Waals surface area (Å²) in [5, 5.41) is 16.3. The van der Waals surface area contributed by atoms with Gasteiger partial charge in [-0.3, -0.25) is 4.63 Å². The van der Waals surface area contributed by atoms with Crippen molar-refractivity contribution in [2.45, 2.75) is 24.9 Å². The van der Waals surface area contributed by atoms with Crippen molar-refractivity contribution in [2.24, 2.45) is 0 Å². The van der Waals surface area contributed by atoms with E-state index < -0.39 is 0 Å². The average molecular weight is 312 g/mol. The maximum atomic E-state index is 12.2. The van der Waals surface area contributed by atoms with Crippen LogP contribution in [0.5, 0.6) is 0 Å². The van der Waals surface area contributed by atoms with Crippen molar-refractivity contribution in [3.05, 3.63) is 16.6 Å². The van der Waals surface area contributed by atoms with E-state index in [9.17, 15) is 5.21 Å². The van der Waals surface area contributed by atoms with Crippen LogP contribution in [0.4, 0.5) is 0 Å². The van der Waals surface area contributed by atoms with Gasteiger partial charge in [0.05, 0.1) is 26.4 Å². The highest BCUT2D eigenvalue weighted by atomic mass is 16.8.